The van der Waals surface area contributed by atoms with Gasteiger partial charge in [-0.2, -0.15) is 0 Å². The first kappa shape index (κ1) is 19.7. The SMILES string of the molecule is CCC(C)[C@H](NC(=O)[C@H]1O[C@@H]1C(=O)O)C(=O)NCCCc1cnc(N)[nH]1. The minimum atomic E-state index is -1.19. The first-order valence-corrected chi connectivity index (χ1v) is 8.59. The van der Waals surface area contributed by atoms with Crippen LogP contribution in [-0.2, 0) is 25.5 Å². The number of imidazole rings is 1. The highest BCUT2D eigenvalue weighted by Gasteiger charge is 2.51. The van der Waals surface area contributed by atoms with Gasteiger partial charge in [-0.3, -0.25) is 9.59 Å². The van der Waals surface area contributed by atoms with Crippen molar-refractivity contribution >= 4 is 23.7 Å². The smallest absolute Gasteiger partial charge is 0.336 e. The van der Waals surface area contributed by atoms with Gasteiger partial charge in [0.25, 0.3) is 5.91 Å². The number of carbonyl (C=O) groups excluding carboxylic acids is 2. The normalized spacial score (nSPS) is 20.8. The Balaban J connectivity index is 1.80. The van der Waals surface area contributed by atoms with Crippen molar-refractivity contribution in [1.82, 2.24) is 20.6 Å². The predicted octanol–water partition coefficient (Wildman–Crippen LogP) is -0.576. The lowest BCUT2D eigenvalue weighted by atomic mass is 9.98. The summed E-state index contributed by atoms with van der Waals surface area (Å²) in [4.78, 5) is 42.1. The minimum Gasteiger partial charge on any atom is -0.479 e. The highest BCUT2D eigenvalue weighted by molar-refractivity contribution is 5.95. The summed E-state index contributed by atoms with van der Waals surface area (Å²) in [6.07, 6.45) is 1.53. The molecule has 0 radical (unpaired) electrons. The number of H-pyrrole nitrogens is 1. The lowest BCUT2D eigenvalue weighted by Gasteiger charge is -2.23. The standard InChI is InChI=1S/C16H25N5O5/c1-3-8(2)10(21-14(23)11-12(26-11)15(24)25)13(22)18-6-4-5-9-7-19-16(17)20-9/h7-8,10-12H,3-6H2,1-2H3,(H,18,22)(H,21,23)(H,24,25)(H3,17,19,20)/t8?,10-,11-,12-/m0/s1. The lowest BCUT2D eigenvalue weighted by Crippen LogP contribution is -2.51. The van der Waals surface area contributed by atoms with Gasteiger partial charge >= 0.3 is 5.97 Å². The Morgan fingerprint density at radius 3 is 2.69 bits per heavy atom. The number of rotatable bonds is 10. The zero-order valence-electron chi connectivity index (χ0n) is 14.8. The van der Waals surface area contributed by atoms with E-state index in [1.807, 2.05) is 13.8 Å². The first-order valence-electron chi connectivity index (χ1n) is 8.59. The molecule has 6 N–H and O–H groups in total. The molecule has 0 bridgehead atoms. The maximum absolute atomic E-state index is 12.4. The summed E-state index contributed by atoms with van der Waals surface area (Å²) in [6.45, 7) is 4.19. The van der Waals surface area contributed by atoms with Crippen LogP contribution in [0.3, 0.4) is 0 Å². The number of carboxylic acid groups (broad SMARTS) is 1. The van der Waals surface area contributed by atoms with Gasteiger partial charge in [-0.25, -0.2) is 9.78 Å². The Labute approximate surface area is 150 Å². The highest BCUT2D eigenvalue weighted by atomic mass is 16.6. The number of carboxylic acids is 1. The Kier molecular flexibility index (Phi) is 6.56. The average Bonchev–Trinajstić information content (AvgIpc) is 3.32. The zero-order chi connectivity index (χ0) is 19.3. The van der Waals surface area contributed by atoms with Crippen LogP contribution in [0, 0.1) is 5.92 Å². The number of aromatic amines is 1. The molecule has 0 spiro atoms. The molecule has 2 rings (SSSR count). The fraction of sp³-hybridized carbons (Fsp3) is 0.625. The quantitative estimate of drug-likeness (QED) is 0.273. The molecule has 1 fully saturated rings. The molecule has 1 aliphatic heterocycles. The number of nitrogens with one attached hydrogen (secondary N) is 3. The summed E-state index contributed by atoms with van der Waals surface area (Å²) >= 11 is 0. The summed E-state index contributed by atoms with van der Waals surface area (Å²) in [7, 11) is 0. The molecule has 1 saturated heterocycles. The summed E-state index contributed by atoms with van der Waals surface area (Å²) in [5.74, 6) is -1.82. The Morgan fingerprint density at radius 2 is 2.15 bits per heavy atom. The summed E-state index contributed by atoms with van der Waals surface area (Å²) in [5.41, 5.74) is 6.38. The molecular formula is C16H25N5O5. The van der Waals surface area contributed by atoms with E-state index in [0.717, 1.165) is 5.69 Å². The van der Waals surface area contributed by atoms with E-state index < -0.39 is 30.1 Å². The van der Waals surface area contributed by atoms with Crippen LogP contribution in [0.1, 0.15) is 32.4 Å². The number of aryl methyl sites for hydroxylation is 1. The highest BCUT2D eigenvalue weighted by Crippen LogP contribution is 2.23. The number of hydrogen-bond acceptors (Lipinski definition) is 6. The van der Waals surface area contributed by atoms with E-state index in [0.29, 0.717) is 31.8 Å². The topological polar surface area (TPSA) is 163 Å². The Bertz CT molecular complexity index is 661. The lowest BCUT2D eigenvalue weighted by molar-refractivity contribution is -0.138. The van der Waals surface area contributed by atoms with Crippen LogP contribution in [0.5, 0.6) is 0 Å². The van der Waals surface area contributed by atoms with Crippen LogP contribution in [0.2, 0.25) is 0 Å². The van der Waals surface area contributed by atoms with Crippen LogP contribution in [0.15, 0.2) is 6.20 Å². The number of carbonyl (C=O) groups is 3. The second kappa shape index (κ2) is 8.65. The van der Waals surface area contributed by atoms with Gasteiger partial charge in [0, 0.05) is 12.2 Å². The molecule has 2 heterocycles. The molecule has 10 heteroatoms. The van der Waals surface area contributed by atoms with Crippen molar-refractivity contribution in [1.29, 1.82) is 0 Å². The second-order valence-electron chi connectivity index (χ2n) is 6.38. The number of amides is 2. The fourth-order valence-corrected chi connectivity index (χ4v) is 2.54. The van der Waals surface area contributed by atoms with Crippen molar-refractivity contribution in [2.45, 2.75) is 51.4 Å². The van der Waals surface area contributed by atoms with Crippen LogP contribution >= 0.6 is 0 Å². The van der Waals surface area contributed by atoms with E-state index in [4.69, 9.17) is 15.6 Å². The third-order valence-corrected chi connectivity index (χ3v) is 4.36. The van der Waals surface area contributed by atoms with Crippen molar-refractivity contribution in [2.24, 2.45) is 5.92 Å². The van der Waals surface area contributed by atoms with Crippen LogP contribution in [0.4, 0.5) is 5.95 Å². The molecular weight excluding hydrogens is 342 g/mol. The van der Waals surface area contributed by atoms with Gasteiger partial charge in [-0.05, 0) is 18.8 Å². The van der Waals surface area contributed by atoms with E-state index in [2.05, 4.69) is 20.6 Å². The Morgan fingerprint density at radius 1 is 1.42 bits per heavy atom. The number of nitrogen functional groups attached to an aromatic ring is 1. The predicted molar refractivity (Wildman–Crippen MR) is 92.0 cm³/mol. The number of anilines is 1. The van der Waals surface area contributed by atoms with Crippen molar-refractivity contribution in [3.05, 3.63) is 11.9 Å². The summed E-state index contributed by atoms with van der Waals surface area (Å²) in [6, 6.07) is -0.742. The molecule has 4 atom stereocenters. The molecule has 2 amide bonds. The average molecular weight is 367 g/mol. The number of hydrogen-bond donors (Lipinski definition) is 5. The molecule has 1 unspecified atom stereocenters. The summed E-state index contributed by atoms with van der Waals surface area (Å²) < 4.78 is 4.82. The van der Waals surface area contributed by atoms with Gasteiger partial charge in [0.1, 0.15) is 6.04 Å². The van der Waals surface area contributed by atoms with Gasteiger partial charge in [-0.1, -0.05) is 20.3 Å². The fourth-order valence-electron chi connectivity index (χ4n) is 2.54. The molecule has 0 saturated carbocycles. The monoisotopic (exact) mass is 367 g/mol. The van der Waals surface area contributed by atoms with Gasteiger partial charge in [-0.15, -0.1) is 0 Å². The molecule has 1 aliphatic rings. The third-order valence-electron chi connectivity index (χ3n) is 4.36. The van der Waals surface area contributed by atoms with Crippen LogP contribution in [-0.4, -0.2) is 57.7 Å². The molecule has 0 aromatic carbocycles. The number of nitrogens with zero attached hydrogens (tertiary/aromatic N) is 1. The van der Waals surface area contributed by atoms with E-state index in [1.54, 1.807) is 6.20 Å². The molecule has 10 nitrogen and oxygen atoms in total. The van der Waals surface area contributed by atoms with Crippen molar-refractivity contribution in [3.8, 4) is 0 Å². The second-order valence-corrected chi connectivity index (χ2v) is 6.38. The van der Waals surface area contributed by atoms with Crippen molar-refractivity contribution < 1.29 is 24.2 Å². The molecule has 1 aromatic heterocycles. The number of epoxide rings is 1. The van der Waals surface area contributed by atoms with Crippen LogP contribution in [0.25, 0.3) is 0 Å². The van der Waals surface area contributed by atoms with Crippen LogP contribution < -0.4 is 16.4 Å². The molecule has 0 aliphatic carbocycles. The minimum absolute atomic E-state index is 0.103. The number of aliphatic carboxylic acids is 1. The number of nitrogens with two attached hydrogens (primary N) is 1. The van der Waals surface area contributed by atoms with Crippen molar-refractivity contribution in [3.63, 3.8) is 0 Å². The van der Waals surface area contributed by atoms with E-state index >= 15 is 0 Å². The largest absolute Gasteiger partial charge is 0.479 e. The molecule has 144 valence electrons. The number of ether oxygens (including phenoxy) is 1. The van der Waals surface area contributed by atoms with E-state index in [-0.39, 0.29) is 11.8 Å². The first-order chi connectivity index (χ1) is 12.3. The number of aromatic nitrogens is 2. The Hall–Kier alpha value is -2.62. The maximum Gasteiger partial charge on any atom is 0.336 e. The van der Waals surface area contributed by atoms with E-state index in [9.17, 15) is 14.4 Å². The van der Waals surface area contributed by atoms with Gasteiger partial charge in [0.2, 0.25) is 5.91 Å². The van der Waals surface area contributed by atoms with Gasteiger partial charge < -0.3 is 31.2 Å². The third kappa shape index (κ3) is 5.19. The maximum atomic E-state index is 12.4. The zero-order valence-corrected chi connectivity index (χ0v) is 14.8. The molecule has 1 aromatic rings. The van der Waals surface area contributed by atoms with E-state index in [1.165, 1.54) is 0 Å². The van der Waals surface area contributed by atoms with Gasteiger partial charge in [0.15, 0.2) is 18.2 Å². The molecule has 26 heavy (non-hydrogen) atoms. The summed E-state index contributed by atoms with van der Waals surface area (Å²) in [5, 5.41) is 14.2. The van der Waals surface area contributed by atoms with Gasteiger partial charge in [0.05, 0.1) is 6.20 Å². The van der Waals surface area contributed by atoms with Crippen molar-refractivity contribution in [2.75, 3.05) is 12.3 Å².